The highest BCUT2D eigenvalue weighted by Crippen LogP contribution is 2.50. The molecule has 0 unspecified atom stereocenters. The van der Waals surface area contributed by atoms with Crippen molar-refractivity contribution in [1.82, 2.24) is 0 Å². The molecule has 1 aliphatic carbocycles. The Kier molecular flexibility index (Phi) is 10.1. The highest BCUT2D eigenvalue weighted by atomic mass is 32.2. The number of allylic oxidation sites excluding steroid dienone is 3. The molecule has 0 heterocycles. The second-order valence-electron chi connectivity index (χ2n) is 9.19. The first kappa shape index (κ1) is 27.9. The predicted molar refractivity (Wildman–Crippen MR) is 149 cm³/mol. The Bertz CT molecular complexity index is 1190. The summed E-state index contributed by atoms with van der Waals surface area (Å²) in [6.07, 6.45) is 9.62. The number of benzene rings is 1. The highest BCUT2D eigenvalue weighted by molar-refractivity contribution is 7.98. The van der Waals surface area contributed by atoms with Gasteiger partial charge in [0.05, 0.1) is 38.9 Å². The van der Waals surface area contributed by atoms with Crippen LogP contribution in [0.4, 0.5) is 0 Å². The predicted octanol–water partition coefficient (Wildman–Crippen LogP) is 7.16. The van der Waals surface area contributed by atoms with Crippen molar-refractivity contribution in [3.63, 3.8) is 0 Å². The van der Waals surface area contributed by atoms with Gasteiger partial charge in [-0.25, -0.2) is 0 Å². The van der Waals surface area contributed by atoms with E-state index >= 15 is 0 Å². The summed E-state index contributed by atoms with van der Waals surface area (Å²) in [5.41, 5.74) is 6.43. The van der Waals surface area contributed by atoms with Crippen LogP contribution in [0, 0.1) is 0 Å². The minimum atomic E-state index is -0.231. The molecule has 3 rings (SSSR count). The molecule has 0 spiro atoms. The van der Waals surface area contributed by atoms with Crippen LogP contribution in [0.2, 0.25) is 0 Å². The lowest BCUT2D eigenvalue weighted by molar-refractivity contribution is 0.0683. The number of methoxy groups -OCH3 is 3. The van der Waals surface area contributed by atoms with Crippen molar-refractivity contribution in [2.75, 3.05) is 34.2 Å². The molecular formula is C30H38O5S. The molecule has 0 N–H and O–H groups in total. The maximum atomic E-state index is 13.1. The largest absolute Gasteiger partial charge is 0.493 e. The van der Waals surface area contributed by atoms with Crippen molar-refractivity contribution < 1.29 is 18.9 Å². The number of hydrogen-bond acceptors (Lipinski definition) is 6. The Morgan fingerprint density at radius 1 is 1.03 bits per heavy atom. The Hall–Kier alpha value is -2.70. The van der Waals surface area contributed by atoms with Crippen LogP contribution in [0.25, 0.3) is 11.1 Å². The number of rotatable bonds is 10. The zero-order valence-corrected chi connectivity index (χ0v) is 23.3. The van der Waals surface area contributed by atoms with Gasteiger partial charge in [0.15, 0.2) is 16.9 Å². The van der Waals surface area contributed by atoms with E-state index in [4.69, 9.17) is 18.9 Å². The number of hydrogen-bond donors (Lipinski definition) is 0. The minimum Gasteiger partial charge on any atom is -0.493 e. The average Bonchev–Trinajstić information content (AvgIpc) is 3.10. The topological polar surface area (TPSA) is 54.0 Å². The van der Waals surface area contributed by atoms with Gasteiger partial charge in [-0.3, -0.25) is 4.79 Å². The van der Waals surface area contributed by atoms with Gasteiger partial charge in [0, 0.05) is 5.56 Å². The summed E-state index contributed by atoms with van der Waals surface area (Å²) in [5, 5.41) is 0. The monoisotopic (exact) mass is 510 g/mol. The summed E-state index contributed by atoms with van der Waals surface area (Å²) in [4.78, 5) is 13.7. The lowest BCUT2D eigenvalue weighted by Crippen LogP contribution is -2.08. The zero-order valence-electron chi connectivity index (χ0n) is 22.5. The first-order valence-electron chi connectivity index (χ1n) is 12.3. The molecule has 6 heteroatoms. The smallest absolute Gasteiger partial charge is 0.203 e. The summed E-state index contributed by atoms with van der Waals surface area (Å²) < 4.78 is 23.6. The molecule has 1 atom stereocenters. The summed E-state index contributed by atoms with van der Waals surface area (Å²) in [7, 11) is 4.87. The fourth-order valence-electron chi connectivity index (χ4n) is 4.60. The Morgan fingerprint density at radius 2 is 1.78 bits per heavy atom. The molecule has 0 radical (unpaired) electrons. The van der Waals surface area contributed by atoms with Crippen molar-refractivity contribution in [1.29, 1.82) is 0 Å². The molecule has 0 saturated heterocycles. The molecule has 0 bridgehead atoms. The second kappa shape index (κ2) is 13.0. The summed E-state index contributed by atoms with van der Waals surface area (Å²) in [6.45, 7) is 6.88. The zero-order chi connectivity index (χ0) is 26.2. The fraction of sp³-hybridized carbons (Fsp3) is 0.433. The van der Waals surface area contributed by atoms with Gasteiger partial charge in [-0.15, -0.1) is 11.8 Å². The maximum absolute atomic E-state index is 13.1. The third-order valence-electron chi connectivity index (χ3n) is 6.49. The molecule has 0 amide bonds. The van der Waals surface area contributed by atoms with E-state index in [-0.39, 0.29) is 11.5 Å². The highest BCUT2D eigenvalue weighted by Gasteiger charge is 2.29. The van der Waals surface area contributed by atoms with E-state index < -0.39 is 0 Å². The minimum absolute atomic E-state index is 0.00584. The molecule has 0 fully saturated rings. The van der Waals surface area contributed by atoms with E-state index in [9.17, 15) is 4.79 Å². The van der Waals surface area contributed by atoms with E-state index in [2.05, 4.69) is 32.9 Å². The molecule has 0 aliphatic heterocycles. The van der Waals surface area contributed by atoms with Crippen LogP contribution in [-0.4, -0.2) is 34.2 Å². The van der Waals surface area contributed by atoms with Gasteiger partial charge in [-0.05, 0) is 87.6 Å². The van der Waals surface area contributed by atoms with Gasteiger partial charge in [0.2, 0.25) is 5.75 Å². The standard InChI is InChI=1S/C30H38O5S/c1-19(2)9-8-10-20(3)15-16-35-25-13-11-21-17-26(32-4)29(33-5)30(34-6)28(21)22-12-14-27(36-7)24(31)18-23(22)25/h9,12,14-15,17-18,25H,8,10-11,13,16H2,1-7H3/b20-15+/t25-/m1/s1. The van der Waals surface area contributed by atoms with E-state index in [0.29, 0.717) is 28.8 Å². The Balaban J connectivity index is 2.08. The molecule has 2 aromatic carbocycles. The average molecular weight is 511 g/mol. The lowest BCUT2D eigenvalue weighted by Gasteiger charge is -2.19. The normalized spacial score (nSPS) is 14.9. The third kappa shape index (κ3) is 6.34. The van der Waals surface area contributed by atoms with E-state index in [0.717, 1.165) is 47.9 Å². The van der Waals surface area contributed by atoms with Crippen LogP contribution in [0.5, 0.6) is 17.2 Å². The van der Waals surface area contributed by atoms with Gasteiger partial charge in [0.1, 0.15) is 0 Å². The van der Waals surface area contributed by atoms with Gasteiger partial charge in [-0.2, -0.15) is 0 Å². The molecule has 0 aromatic heterocycles. The van der Waals surface area contributed by atoms with Crippen LogP contribution in [0.15, 0.2) is 57.3 Å². The van der Waals surface area contributed by atoms with Crippen LogP contribution in [0.1, 0.15) is 57.3 Å². The fourth-order valence-corrected chi connectivity index (χ4v) is 5.07. The number of ether oxygens (including phenoxy) is 4. The first-order chi connectivity index (χ1) is 17.3. The van der Waals surface area contributed by atoms with Crippen molar-refractivity contribution in [2.45, 2.75) is 57.5 Å². The molecule has 2 aromatic rings. The van der Waals surface area contributed by atoms with Gasteiger partial charge in [0.25, 0.3) is 0 Å². The number of fused-ring (bicyclic) bond motifs is 3. The summed E-state index contributed by atoms with van der Waals surface area (Å²) in [5.74, 6) is 1.77. The molecule has 36 heavy (non-hydrogen) atoms. The van der Waals surface area contributed by atoms with E-state index in [1.807, 2.05) is 24.5 Å². The Morgan fingerprint density at radius 3 is 2.42 bits per heavy atom. The van der Waals surface area contributed by atoms with Gasteiger partial charge < -0.3 is 18.9 Å². The maximum Gasteiger partial charge on any atom is 0.203 e. The second-order valence-corrected chi connectivity index (χ2v) is 10.0. The molecule has 0 saturated carbocycles. The summed E-state index contributed by atoms with van der Waals surface area (Å²) in [6, 6.07) is 7.65. The van der Waals surface area contributed by atoms with Crippen LogP contribution < -0.4 is 19.6 Å². The molecule has 5 nitrogen and oxygen atoms in total. The Labute approximate surface area is 219 Å². The van der Waals surface area contributed by atoms with Crippen molar-refractivity contribution in [2.24, 2.45) is 0 Å². The summed E-state index contributed by atoms with van der Waals surface area (Å²) >= 11 is 1.45. The van der Waals surface area contributed by atoms with Crippen molar-refractivity contribution in [3.05, 3.63) is 68.9 Å². The molecular weight excluding hydrogens is 472 g/mol. The van der Waals surface area contributed by atoms with Crippen LogP contribution in [0.3, 0.4) is 0 Å². The van der Waals surface area contributed by atoms with Gasteiger partial charge >= 0.3 is 0 Å². The number of thioether (sulfide) groups is 1. The lowest BCUT2D eigenvalue weighted by atomic mass is 9.96. The molecule has 1 aliphatic rings. The van der Waals surface area contributed by atoms with E-state index in [1.165, 1.54) is 22.9 Å². The third-order valence-corrected chi connectivity index (χ3v) is 7.26. The first-order valence-corrected chi connectivity index (χ1v) is 13.5. The van der Waals surface area contributed by atoms with Crippen molar-refractivity contribution >= 4 is 11.8 Å². The van der Waals surface area contributed by atoms with Gasteiger partial charge in [-0.1, -0.05) is 29.4 Å². The van der Waals surface area contributed by atoms with E-state index in [1.54, 1.807) is 27.4 Å². The quantitative estimate of drug-likeness (QED) is 0.250. The molecule has 194 valence electrons. The number of aryl methyl sites for hydroxylation is 1. The van der Waals surface area contributed by atoms with Crippen LogP contribution in [-0.2, 0) is 11.2 Å². The SMILES string of the molecule is COc1cc2c(c(OC)c1OC)-c1ccc(SC)c(=O)cc1[C@H](OC/C=C(\C)CCC=C(C)C)CC2. The van der Waals surface area contributed by atoms with Crippen molar-refractivity contribution in [3.8, 4) is 28.4 Å². The van der Waals surface area contributed by atoms with Crippen LogP contribution >= 0.6 is 11.8 Å².